The van der Waals surface area contributed by atoms with Gasteiger partial charge in [-0.15, -0.1) is 0 Å². The highest BCUT2D eigenvalue weighted by molar-refractivity contribution is 7.92. The largest absolute Gasteiger partial charge is 0.332 e. The Kier molecular flexibility index (Phi) is 4.27. The van der Waals surface area contributed by atoms with E-state index in [0.29, 0.717) is 23.6 Å². The van der Waals surface area contributed by atoms with Gasteiger partial charge in [0, 0.05) is 19.0 Å². The van der Waals surface area contributed by atoms with E-state index in [4.69, 9.17) is 0 Å². The molecular weight excluding hydrogens is 292 g/mol. The highest BCUT2D eigenvalue weighted by Crippen LogP contribution is 2.18. The second-order valence-electron chi connectivity index (χ2n) is 4.42. The molecule has 21 heavy (non-hydrogen) atoms. The van der Waals surface area contributed by atoms with Gasteiger partial charge in [0.1, 0.15) is 5.82 Å². The van der Waals surface area contributed by atoms with Crippen LogP contribution < -0.4 is 10.0 Å². The number of hydrogen-bond acceptors (Lipinski definition) is 4. The minimum atomic E-state index is -3.73. The summed E-state index contributed by atoms with van der Waals surface area (Å²) in [6, 6.07) is 6.45. The fraction of sp³-hybridized carbons (Fsp3) is 0.231. The second kappa shape index (κ2) is 5.96. The number of anilines is 2. The molecule has 0 aliphatic rings. The smallest absolute Gasteiger partial charge is 0.278 e. The molecule has 0 atom stereocenters. The van der Waals surface area contributed by atoms with Crippen molar-refractivity contribution in [2.75, 3.05) is 10.0 Å². The first-order chi connectivity index (χ1) is 9.90. The molecule has 1 amide bonds. The summed E-state index contributed by atoms with van der Waals surface area (Å²) in [6.45, 7) is 3.26. The maximum atomic E-state index is 12.2. The Morgan fingerprint density at radius 3 is 2.67 bits per heavy atom. The normalized spacial score (nSPS) is 11.1. The van der Waals surface area contributed by atoms with E-state index in [2.05, 4.69) is 20.0 Å². The fourth-order valence-electron chi connectivity index (χ4n) is 1.73. The summed E-state index contributed by atoms with van der Waals surface area (Å²) in [7, 11) is -3.73. The number of hydrogen-bond donors (Lipinski definition) is 3. The average molecular weight is 308 g/mol. The number of aromatic amines is 1. The first kappa shape index (κ1) is 15.0. The molecule has 1 heterocycles. The second-order valence-corrected chi connectivity index (χ2v) is 6.07. The summed E-state index contributed by atoms with van der Waals surface area (Å²) in [6.07, 6.45) is 1.90. The highest BCUT2D eigenvalue weighted by atomic mass is 32.2. The van der Waals surface area contributed by atoms with Crippen molar-refractivity contribution in [1.29, 1.82) is 0 Å². The molecule has 0 unspecified atom stereocenters. The van der Waals surface area contributed by atoms with Gasteiger partial charge in [-0.2, -0.15) is 8.42 Å². The maximum absolute atomic E-state index is 12.2. The van der Waals surface area contributed by atoms with E-state index in [-0.39, 0.29) is 10.9 Å². The lowest BCUT2D eigenvalue weighted by atomic mass is 10.3. The van der Waals surface area contributed by atoms with Gasteiger partial charge in [-0.3, -0.25) is 9.52 Å². The molecule has 0 saturated carbocycles. The Labute approximate surface area is 122 Å². The number of aromatic nitrogens is 2. The number of sulfonamides is 1. The number of benzene rings is 1. The lowest BCUT2D eigenvalue weighted by Gasteiger charge is -2.08. The van der Waals surface area contributed by atoms with Crippen LogP contribution in [-0.4, -0.2) is 24.3 Å². The minimum Gasteiger partial charge on any atom is -0.332 e. The van der Waals surface area contributed by atoms with Crippen LogP contribution in [0.4, 0.5) is 11.4 Å². The van der Waals surface area contributed by atoms with Gasteiger partial charge < -0.3 is 10.3 Å². The molecule has 1 aromatic carbocycles. The summed E-state index contributed by atoms with van der Waals surface area (Å²) >= 11 is 0. The molecule has 0 radical (unpaired) electrons. The summed E-state index contributed by atoms with van der Waals surface area (Å²) in [5, 5.41) is 2.59. The molecule has 2 rings (SSSR count). The first-order valence-electron chi connectivity index (χ1n) is 6.35. The molecule has 0 saturated heterocycles. The summed E-state index contributed by atoms with van der Waals surface area (Å²) in [4.78, 5) is 17.7. The van der Waals surface area contributed by atoms with E-state index in [9.17, 15) is 13.2 Å². The molecule has 1 aromatic heterocycles. The minimum absolute atomic E-state index is 0.00396. The third kappa shape index (κ3) is 3.82. The molecule has 0 aliphatic carbocycles. The molecule has 2 aromatic rings. The Morgan fingerprint density at radius 1 is 1.33 bits per heavy atom. The number of carbonyl (C=O) groups is 1. The van der Waals surface area contributed by atoms with Crippen LogP contribution in [0, 0.1) is 0 Å². The molecule has 112 valence electrons. The number of carbonyl (C=O) groups excluding carboxylic acids is 1. The quantitative estimate of drug-likeness (QED) is 0.782. The molecule has 0 fully saturated rings. The van der Waals surface area contributed by atoms with Crippen LogP contribution in [0.25, 0.3) is 0 Å². The van der Waals surface area contributed by atoms with Crippen molar-refractivity contribution in [3.05, 3.63) is 36.3 Å². The van der Waals surface area contributed by atoms with Crippen LogP contribution in [0.2, 0.25) is 0 Å². The zero-order valence-corrected chi connectivity index (χ0v) is 12.5. The monoisotopic (exact) mass is 308 g/mol. The van der Waals surface area contributed by atoms with E-state index < -0.39 is 10.0 Å². The number of H-pyrrole nitrogens is 1. The summed E-state index contributed by atoms with van der Waals surface area (Å²) in [5.41, 5.74) is 0.871. The first-order valence-corrected chi connectivity index (χ1v) is 7.83. The Balaban J connectivity index is 2.22. The van der Waals surface area contributed by atoms with Crippen LogP contribution in [0.5, 0.6) is 0 Å². The Bertz CT molecular complexity index is 752. The fourth-order valence-corrected chi connectivity index (χ4v) is 2.72. The van der Waals surface area contributed by atoms with E-state index in [1.165, 1.54) is 19.2 Å². The number of aryl methyl sites for hydroxylation is 1. The van der Waals surface area contributed by atoms with Crippen molar-refractivity contribution in [2.45, 2.75) is 25.3 Å². The van der Waals surface area contributed by atoms with Crippen LogP contribution in [0.1, 0.15) is 19.7 Å². The standard InChI is InChI=1S/C13H16N4O3S/c1-3-12-14-8-13(16-12)21(19,20)17-11-6-4-5-10(7-11)15-9(2)18/h4-8,17H,3H2,1-2H3,(H,14,16)(H,15,18). The molecular formula is C13H16N4O3S. The van der Waals surface area contributed by atoms with E-state index in [1.54, 1.807) is 18.2 Å². The van der Waals surface area contributed by atoms with Crippen LogP contribution in [-0.2, 0) is 21.2 Å². The van der Waals surface area contributed by atoms with Crippen LogP contribution >= 0.6 is 0 Å². The van der Waals surface area contributed by atoms with Gasteiger partial charge in [0.25, 0.3) is 10.0 Å². The maximum Gasteiger partial charge on any atom is 0.278 e. The Morgan fingerprint density at radius 2 is 2.05 bits per heavy atom. The van der Waals surface area contributed by atoms with Gasteiger partial charge in [0.15, 0.2) is 5.03 Å². The SMILES string of the molecule is CCc1ncc(S(=O)(=O)Nc2cccc(NC(C)=O)c2)[nH]1. The van der Waals surface area contributed by atoms with Crippen molar-refractivity contribution in [3.63, 3.8) is 0 Å². The van der Waals surface area contributed by atoms with Crippen molar-refractivity contribution in [1.82, 2.24) is 9.97 Å². The number of amides is 1. The number of nitrogens with one attached hydrogen (secondary N) is 3. The van der Waals surface area contributed by atoms with Crippen LogP contribution in [0.15, 0.2) is 35.5 Å². The molecule has 3 N–H and O–H groups in total. The average Bonchev–Trinajstić information content (AvgIpc) is 2.87. The lowest BCUT2D eigenvalue weighted by Crippen LogP contribution is -2.14. The zero-order chi connectivity index (χ0) is 15.5. The predicted molar refractivity (Wildman–Crippen MR) is 79.5 cm³/mol. The third-order valence-corrected chi connectivity index (χ3v) is 3.96. The van der Waals surface area contributed by atoms with E-state index in [0.717, 1.165) is 0 Å². The topological polar surface area (TPSA) is 104 Å². The molecule has 0 bridgehead atoms. The summed E-state index contributed by atoms with van der Waals surface area (Å²) in [5.74, 6) is 0.374. The molecule has 8 heteroatoms. The highest BCUT2D eigenvalue weighted by Gasteiger charge is 2.17. The van der Waals surface area contributed by atoms with Crippen molar-refractivity contribution in [2.24, 2.45) is 0 Å². The molecule has 7 nitrogen and oxygen atoms in total. The van der Waals surface area contributed by atoms with Gasteiger partial charge in [-0.25, -0.2) is 4.98 Å². The van der Waals surface area contributed by atoms with Gasteiger partial charge in [0.05, 0.1) is 11.9 Å². The van der Waals surface area contributed by atoms with E-state index in [1.807, 2.05) is 6.92 Å². The van der Waals surface area contributed by atoms with E-state index >= 15 is 0 Å². The molecule has 0 spiro atoms. The van der Waals surface area contributed by atoms with Crippen molar-refractivity contribution >= 4 is 27.3 Å². The predicted octanol–water partition coefficient (Wildman–Crippen LogP) is 1.73. The lowest BCUT2D eigenvalue weighted by molar-refractivity contribution is -0.114. The van der Waals surface area contributed by atoms with Gasteiger partial charge in [-0.1, -0.05) is 13.0 Å². The number of rotatable bonds is 5. The van der Waals surface area contributed by atoms with Gasteiger partial charge >= 0.3 is 0 Å². The van der Waals surface area contributed by atoms with Crippen molar-refractivity contribution < 1.29 is 13.2 Å². The zero-order valence-electron chi connectivity index (χ0n) is 11.7. The third-order valence-electron chi connectivity index (χ3n) is 2.66. The number of imidazole rings is 1. The van der Waals surface area contributed by atoms with Gasteiger partial charge in [0.2, 0.25) is 5.91 Å². The van der Waals surface area contributed by atoms with Crippen LogP contribution in [0.3, 0.4) is 0 Å². The Hall–Kier alpha value is -2.35. The van der Waals surface area contributed by atoms with Gasteiger partial charge in [-0.05, 0) is 18.2 Å². The number of nitrogens with zero attached hydrogens (tertiary/aromatic N) is 1. The van der Waals surface area contributed by atoms with Crippen molar-refractivity contribution in [3.8, 4) is 0 Å². The molecule has 0 aliphatic heterocycles. The summed E-state index contributed by atoms with van der Waals surface area (Å²) < 4.78 is 26.8.